The number of rotatable bonds is 7. The third kappa shape index (κ3) is 4.45. The van der Waals surface area contributed by atoms with Gasteiger partial charge < -0.3 is 4.74 Å². The van der Waals surface area contributed by atoms with E-state index in [1.54, 1.807) is 0 Å². The average molecular weight is 284 g/mol. The largest absolute Gasteiger partial charge is 0.465 e. The highest BCUT2D eigenvalue weighted by atomic mass is 16.5. The van der Waals surface area contributed by atoms with Crippen LogP contribution in [-0.2, 0) is 9.53 Å². The summed E-state index contributed by atoms with van der Waals surface area (Å²) in [6, 6.07) is 1.26. The summed E-state index contributed by atoms with van der Waals surface area (Å²) in [5.41, 5.74) is -0.605. The predicted molar refractivity (Wildman–Crippen MR) is 82.8 cm³/mol. The Morgan fingerprint density at radius 3 is 2.55 bits per heavy atom. The molecule has 1 fully saturated rings. The topological polar surface area (TPSA) is 41.6 Å². The lowest BCUT2D eigenvalue weighted by atomic mass is 9.91. The van der Waals surface area contributed by atoms with Gasteiger partial charge in [-0.25, -0.2) is 0 Å². The maximum Gasteiger partial charge on any atom is 0.326 e. The Balaban J connectivity index is 2.75. The Morgan fingerprint density at radius 1 is 1.45 bits per heavy atom. The van der Waals surface area contributed by atoms with Crippen LogP contribution in [0.5, 0.6) is 0 Å². The predicted octanol–water partition coefficient (Wildman–Crippen LogP) is 2.57. The zero-order valence-corrected chi connectivity index (χ0v) is 14.0. The van der Waals surface area contributed by atoms with E-state index in [2.05, 4.69) is 37.9 Å². The van der Waals surface area contributed by atoms with E-state index in [-0.39, 0.29) is 12.0 Å². The number of hydrogen-bond donors (Lipinski definition) is 1. The summed E-state index contributed by atoms with van der Waals surface area (Å²) in [6.45, 7) is 14.1. The van der Waals surface area contributed by atoms with Gasteiger partial charge in [-0.15, -0.1) is 0 Å². The first-order chi connectivity index (χ1) is 9.30. The monoisotopic (exact) mass is 284 g/mol. The van der Waals surface area contributed by atoms with Gasteiger partial charge in [-0.2, -0.15) is 0 Å². The average Bonchev–Trinajstić information content (AvgIpc) is 2.74. The molecule has 0 radical (unpaired) electrons. The molecular weight excluding hydrogens is 252 g/mol. The lowest BCUT2D eigenvalue weighted by Crippen LogP contribution is -2.56. The van der Waals surface area contributed by atoms with E-state index in [0.29, 0.717) is 18.7 Å². The van der Waals surface area contributed by atoms with Crippen molar-refractivity contribution < 1.29 is 9.53 Å². The quantitative estimate of drug-likeness (QED) is 0.730. The molecule has 0 aliphatic carbocycles. The number of carbonyl (C=O) groups is 1. The molecule has 1 N–H and O–H groups in total. The number of nitrogens with one attached hydrogen (secondary N) is 1. The van der Waals surface area contributed by atoms with Crippen molar-refractivity contribution in [2.24, 2.45) is 0 Å². The SMILES string of the molecule is CCOC(=O)C(C)(CC(C)N1CCCC1C)NC(C)C. The zero-order chi connectivity index (χ0) is 15.3. The van der Waals surface area contributed by atoms with E-state index in [1.807, 2.05) is 13.8 Å². The van der Waals surface area contributed by atoms with E-state index in [4.69, 9.17) is 4.74 Å². The second-order valence-electron chi connectivity index (χ2n) is 6.63. The third-order valence-electron chi connectivity index (χ3n) is 4.21. The van der Waals surface area contributed by atoms with Crippen molar-refractivity contribution in [1.29, 1.82) is 0 Å². The van der Waals surface area contributed by atoms with Crippen LogP contribution in [0.3, 0.4) is 0 Å². The molecule has 3 atom stereocenters. The normalized spacial score (nSPS) is 24.6. The van der Waals surface area contributed by atoms with Crippen LogP contribution in [0.2, 0.25) is 0 Å². The van der Waals surface area contributed by atoms with Gasteiger partial charge >= 0.3 is 5.97 Å². The molecule has 0 amide bonds. The van der Waals surface area contributed by atoms with Gasteiger partial charge in [0.25, 0.3) is 0 Å². The van der Waals surface area contributed by atoms with Gasteiger partial charge in [-0.1, -0.05) is 0 Å². The van der Waals surface area contributed by atoms with Gasteiger partial charge in [0.2, 0.25) is 0 Å². The molecular formula is C16H32N2O2. The van der Waals surface area contributed by atoms with Gasteiger partial charge in [-0.05, 0) is 67.3 Å². The van der Waals surface area contributed by atoms with Gasteiger partial charge in [0.05, 0.1) is 6.61 Å². The molecule has 0 bridgehead atoms. The first-order valence-electron chi connectivity index (χ1n) is 8.00. The van der Waals surface area contributed by atoms with E-state index in [9.17, 15) is 4.79 Å². The standard InChI is InChI=1S/C16H32N2O2/c1-7-20-15(19)16(6,17-12(2)3)11-14(5)18-10-8-9-13(18)4/h12-14,17H,7-11H2,1-6H3. The van der Waals surface area contributed by atoms with Crippen LogP contribution in [0, 0.1) is 0 Å². The second-order valence-corrected chi connectivity index (χ2v) is 6.63. The smallest absolute Gasteiger partial charge is 0.326 e. The molecule has 0 aromatic rings. The Bertz CT molecular complexity index is 320. The highest BCUT2D eigenvalue weighted by molar-refractivity contribution is 5.80. The molecule has 118 valence electrons. The lowest BCUT2D eigenvalue weighted by molar-refractivity contribution is -0.151. The summed E-state index contributed by atoms with van der Waals surface area (Å²) < 4.78 is 5.28. The maximum absolute atomic E-state index is 12.3. The molecule has 0 saturated carbocycles. The summed E-state index contributed by atoms with van der Waals surface area (Å²) in [5.74, 6) is -0.132. The molecule has 1 aliphatic heterocycles. The number of ether oxygens (including phenoxy) is 1. The van der Waals surface area contributed by atoms with Crippen LogP contribution in [0.1, 0.15) is 60.8 Å². The summed E-state index contributed by atoms with van der Waals surface area (Å²) in [4.78, 5) is 14.8. The molecule has 1 aliphatic rings. The lowest BCUT2D eigenvalue weighted by Gasteiger charge is -2.37. The van der Waals surface area contributed by atoms with Gasteiger partial charge in [0.15, 0.2) is 0 Å². The van der Waals surface area contributed by atoms with E-state index in [1.165, 1.54) is 12.8 Å². The Hall–Kier alpha value is -0.610. The number of likely N-dealkylation sites (tertiary alicyclic amines) is 1. The van der Waals surface area contributed by atoms with Crippen molar-refractivity contribution >= 4 is 5.97 Å². The van der Waals surface area contributed by atoms with Crippen molar-refractivity contribution in [3.05, 3.63) is 0 Å². The molecule has 4 nitrogen and oxygen atoms in total. The van der Waals surface area contributed by atoms with Crippen LogP contribution in [0.4, 0.5) is 0 Å². The summed E-state index contributed by atoms with van der Waals surface area (Å²) in [6.07, 6.45) is 3.31. The van der Waals surface area contributed by atoms with Gasteiger partial charge in [0.1, 0.15) is 5.54 Å². The van der Waals surface area contributed by atoms with Crippen molar-refractivity contribution in [2.45, 2.75) is 84.5 Å². The summed E-state index contributed by atoms with van der Waals surface area (Å²) >= 11 is 0. The van der Waals surface area contributed by atoms with E-state index < -0.39 is 5.54 Å². The van der Waals surface area contributed by atoms with Crippen LogP contribution in [0.15, 0.2) is 0 Å². The minimum absolute atomic E-state index is 0.132. The van der Waals surface area contributed by atoms with Crippen molar-refractivity contribution in [3.63, 3.8) is 0 Å². The third-order valence-corrected chi connectivity index (χ3v) is 4.21. The fourth-order valence-corrected chi connectivity index (χ4v) is 3.45. The first-order valence-corrected chi connectivity index (χ1v) is 8.00. The minimum atomic E-state index is -0.605. The summed E-state index contributed by atoms with van der Waals surface area (Å²) in [7, 11) is 0. The Kier molecular flexibility index (Phi) is 6.46. The van der Waals surface area contributed by atoms with Crippen LogP contribution >= 0.6 is 0 Å². The van der Waals surface area contributed by atoms with Crippen LogP contribution < -0.4 is 5.32 Å². The molecule has 1 saturated heterocycles. The molecule has 20 heavy (non-hydrogen) atoms. The molecule has 0 aromatic heterocycles. The molecule has 1 heterocycles. The van der Waals surface area contributed by atoms with Crippen LogP contribution in [0.25, 0.3) is 0 Å². The number of carbonyl (C=O) groups excluding carboxylic acids is 1. The first kappa shape index (κ1) is 17.4. The van der Waals surface area contributed by atoms with Crippen molar-refractivity contribution in [2.75, 3.05) is 13.2 Å². The Labute approximate surface area is 124 Å². The molecule has 1 rings (SSSR count). The van der Waals surface area contributed by atoms with E-state index in [0.717, 1.165) is 13.0 Å². The highest BCUT2D eigenvalue weighted by Crippen LogP contribution is 2.25. The fraction of sp³-hybridized carbons (Fsp3) is 0.938. The Morgan fingerprint density at radius 2 is 2.10 bits per heavy atom. The number of nitrogens with zero attached hydrogens (tertiary/aromatic N) is 1. The van der Waals surface area contributed by atoms with Gasteiger partial charge in [0, 0.05) is 18.1 Å². The van der Waals surface area contributed by atoms with Gasteiger partial charge in [-0.3, -0.25) is 15.0 Å². The summed E-state index contributed by atoms with van der Waals surface area (Å²) in [5, 5.41) is 3.41. The van der Waals surface area contributed by atoms with E-state index >= 15 is 0 Å². The van der Waals surface area contributed by atoms with Crippen molar-refractivity contribution in [3.8, 4) is 0 Å². The minimum Gasteiger partial charge on any atom is -0.465 e. The fourth-order valence-electron chi connectivity index (χ4n) is 3.45. The molecule has 0 aromatic carbocycles. The zero-order valence-electron chi connectivity index (χ0n) is 14.0. The van der Waals surface area contributed by atoms with Crippen LogP contribution in [-0.4, -0.2) is 47.7 Å². The molecule has 3 unspecified atom stereocenters. The van der Waals surface area contributed by atoms with Crippen molar-refractivity contribution in [1.82, 2.24) is 10.2 Å². The highest BCUT2D eigenvalue weighted by Gasteiger charge is 2.39. The number of esters is 1. The maximum atomic E-state index is 12.3. The second kappa shape index (κ2) is 7.41. The number of hydrogen-bond acceptors (Lipinski definition) is 4. The molecule has 4 heteroatoms. The molecule has 0 spiro atoms.